The van der Waals surface area contributed by atoms with Crippen molar-refractivity contribution in [1.29, 1.82) is 0 Å². The minimum atomic E-state index is -4.98. The largest absolute Gasteiger partial charge is 2.00 e. The number of hydrogen-bond acceptors (Lipinski definition) is 5. The number of ether oxygens (including phenoxy) is 1. The van der Waals surface area contributed by atoms with Gasteiger partial charge in [0.1, 0.15) is 5.56 Å². The smallest absolute Gasteiger partial charge is 0.378 e. The molecule has 2 aliphatic carbocycles. The van der Waals surface area contributed by atoms with Crippen molar-refractivity contribution in [2.24, 2.45) is 0 Å². The average Bonchev–Trinajstić information content (AvgIpc) is 3.44. The first-order valence-corrected chi connectivity index (χ1v) is 9.35. The number of hydrogen-bond donors (Lipinski definition) is 2. The second-order valence-electron chi connectivity index (χ2n) is 6.96. The number of nitro benzene ring substituents is 1. The number of carbonyl (C=O) groups excluding carboxylic acids is 1. The Bertz CT molecular complexity index is 772. The third kappa shape index (κ3) is 9.60. The SMILES string of the molecule is CC(O)(COC[C]1[CH][CH][CH][CH]1)C(=O)Nc1ccc([N+](=O)[O-])c(C(F)(F)F)c1.[CH]1[CH][CH][CH][CH]1.[Fe+2]. The van der Waals surface area contributed by atoms with Crippen molar-refractivity contribution < 1.29 is 49.8 Å². The molecule has 1 atom stereocenters. The molecule has 11 heteroatoms. The van der Waals surface area contributed by atoms with Crippen molar-refractivity contribution in [1.82, 2.24) is 0 Å². The average molecular weight is 506 g/mol. The molecular formula is C22H21F3FeN2O5+2. The van der Waals surface area contributed by atoms with Crippen LogP contribution in [0.4, 0.5) is 24.5 Å². The number of rotatable bonds is 7. The molecular weight excluding hydrogens is 485 g/mol. The monoisotopic (exact) mass is 506 g/mol. The molecule has 1 unspecified atom stereocenters. The molecule has 7 nitrogen and oxygen atoms in total. The second-order valence-corrected chi connectivity index (χ2v) is 6.96. The molecule has 2 saturated carbocycles. The number of halogens is 3. The summed E-state index contributed by atoms with van der Waals surface area (Å²) in [4.78, 5) is 21.7. The summed E-state index contributed by atoms with van der Waals surface area (Å²) >= 11 is 0. The Kier molecular flexibility index (Phi) is 11.8. The zero-order chi connectivity index (χ0) is 23.8. The van der Waals surface area contributed by atoms with Crippen molar-refractivity contribution in [3.63, 3.8) is 0 Å². The molecule has 0 aromatic heterocycles. The van der Waals surface area contributed by atoms with E-state index in [0.717, 1.165) is 18.9 Å². The maximum Gasteiger partial charge on any atom is 2.00 e. The zero-order valence-corrected chi connectivity index (χ0v) is 18.5. The Morgan fingerprint density at radius 3 is 2.12 bits per heavy atom. The van der Waals surface area contributed by atoms with E-state index in [4.69, 9.17) is 4.74 Å². The molecule has 0 bridgehead atoms. The number of nitrogens with one attached hydrogen (secondary N) is 1. The summed E-state index contributed by atoms with van der Waals surface area (Å²) in [5, 5.41) is 23.0. The van der Waals surface area contributed by atoms with Gasteiger partial charge in [-0.1, -0.05) is 0 Å². The van der Waals surface area contributed by atoms with Gasteiger partial charge in [0, 0.05) is 17.7 Å². The number of carbonyl (C=O) groups is 1. The number of aliphatic hydroxyl groups is 1. The van der Waals surface area contributed by atoms with Gasteiger partial charge in [-0.15, -0.1) is 0 Å². The van der Waals surface area contributed by atoms with Crippen molar-refractivity contribution in [3.05, 3.63) is 97.6 Å². The van der Waals surface area contributed by atoms with Gasteiger partial charge in [-0.3, -0.25) is 14.9 Å². The summed E-state index contributed by atoms with van der Waals surface area (Å²) in [5.41, 5.74) is -5.00. The molecule has 0 aliphatic heterocycles. The number of nitrogens with zero attached hydrogens (tertiary/aromatic N) is 1. The molecule has 1 amide bonds. The molecule has 1 aromatic carbocycles. The normalized spacial score (nSPS) is 18.0. The van der Waals surface area contributed by atoms with Crippen LogP contribution in [-0.4, -0.2) is 34.8 Å². The van der Waals surface area contributed by atoms with Gasteiger partial charge < -0.3 is 15.2 Å². The zero-order valence-electron chi connectivity index (χ0n) is 17.4. The van der Waals surface area contributed by atoms with E-state index in [1.807, 2.05) is 32.1 Å². The molecule has 2 N–H and O–H groups in total. The minimum Gasteiger partial charge on any atom is -0.378 e. The Labute approximate surface area is 202 Å². The Hall–Kier alpha value is -1.68. The molecule has 176 valence electrons. The molecule has 3 rings (SSSR count). The summed E-state index contributed by atoms with van der Waals surface area (Å²) in [5.74, 6) is -0.177. The Morgan fingerprint density at radius 1 is 1.09 bits per heavy atom. The van der Waals surface area contributed by atoms with Gasteiger partial charge >= 0.3 is 23.2 Å². The van der Waals surface area contributed by atoms with Crippen molar-refractivity contribution in [2.45, 2.75) is 18.7 Å². The molecule has 10 radical (unpaired) electrons. The maximum atomic E-state index is 13.0. The van der Waals surface area contributed by atoms with Crippen LogP contribution in [0.1, 0.15) is 12.5 Å². The number of alkyl halides is 3. The Morgan fingerprint density at radius 2 is 1.64 bits per heavy atom. The van der Waals surface area contributed by atoms with Crippen molar-refractivity contribution >= 4 is 17.3 Å². The van der Waals surface area contributed by atoms with Crippen LogP contribution in [0.15, 0.2) is 18.2 Å². The third-order valence-corrected chi connectivity index (χ3v) is 4.18. The fraction of sp³-hybridized carbons (Fsp3) is 0.227. The van der Waals surface area contributed by atoms with Crippen LogP contribution < -0.4 is 5.32 Å². The summed E-state index contributed by atoms with van der Waals surface area (Å²) in [6.45, 7) is 0.888. The second kappa shape index (κ2) is 13.3. The topological polar surface area (TPSA) is 102 Å². The van der Waals surface area contributed by atoms with Gasteiger partial charge in [-0.2, -0.15) is 13.2 Å². The van der Waals surface area contributed by atoms with Crippen molar-refractivity contribution in [2.75, 3.05) is 18.5 Å². The number of benzene rings is 1. The van der Waals surface area contributed by atoms with E-state index in [-0.39, 0.29) is 29.4 Å². The Balaban J connectivity index is 0.000000799. The molecule has 0 spiro atoms. The molecule has 33 heavy (non-hydrogen) atoms. The summed E-state index contributed by atoms with van der Waals surface area (Å²) in [6.07, 6.45) is 12.2. The van der Waals surface area contributed by atoms with Gasteiger partial charge in [-0.25, -0.2) is 0 Å². The van der Waals surface area contributed by atoms with Gasteiger partial charge in [0.2, 0.25) is 0 Å². The maximum absolute atomic E-state index is 13.0. The van der Waals surface area contributed by atoms with Crippen molar-refractivity contribution in [3.8, 4) is 0 Å². The van der Waals surface area contributed by atoms with Gasteiger partial charge in [-0.05, 0) is 76.8 Å². The van der Waals surface area contributed by atoms with Crippen LogP contribution in [0.2, 0.25) is 0 Å². The third-order valence-electron chi connectivity index (χ3n) is 4.18. The molecule has 0 heterocycles. The van der Waals surface area contributed by atoms with E-state index in [2.05, 4.69) is 5.32 Å². The first-order valence-electron chi connectivity index (χ1n) is 9.35. The van der Waals surface area contributed by atoms with Gasteiger partial charge in [0.05, 0.1) is 18.1 Å². The number of anilines is 1. The van der Waals surface area contributed by atoms with Crippen LogP contribution in [0.25, 0.3) is 0 Å². The molecule has 2 aliphatic rings. The summed E-state index contributed by atoms with van der Waals surface area (Å²) in [6, 6.07) is 2.03. The van der Waals surface area contributed by atoms with Crippen LogP contribution in [0.3, 0.4) is 0 Å². The molecule has 2 fully saturated rings. The van der Waals surface area contributed by atoms with E-state index >= 15 is 0 Å². The predicted octanol–water partition coefficient (Wildman–Crippen LogP) is 3.74. The van der Waals surface area contributed by atoms with E-state index in [1.54, 1.807) is 25.7 Å². The summed E-state index contributed by atoms with van der Waals surface area (Å²) < 4.78 is 44.2. The van der Waals surface area contributed by atoms with E-state index in [9.17, 15) is 33.2 Å². The van der Waals surface area contributed by atoms with Crippen LogP contribution in [0, 0.1) is 73.8 Å². The standard InChI is InChI=1S/C17H16F3N2O5.C5H5.Fe/c1-16(24,10-27-9-11-4-2-3-5-11)15(23)21-12-6-7-14(22(25)26)13(8-12)17(18,19)20;1-2-4-5-3-1;/h2-8,24H,9-10H2,1H3,(H,21,23);1-5H;/q;;+2. The van der Waals surface area contributed by atoms with E-state index < -0.39 is 40.5 Å². The summed E-state index contributed by atoms with van der Waals surface area (Å²) in [7, 11) is 0. The van der Waals surface area contributed by atoms with Gasteiger partial charge in [0.15, 0.2) is 5.60 Å². The van der Waals surface area contributed by atoms with E-state index in [1.165, 1.54) is 0 Å². The first-order chi connectivity index (χ1) is 15.0. The van der Waals surface area contributed by atoms with Crippen LogP contribution >= 0.6 is 0 Å². The van der Waals surface area contributed by atoms with E-state index in [0.29, 0.717) is 12.1 Å². The minimum absolute atomic E-state index is 0. The number of nitro groups is 1. The van der Waals surface area contributed by atoms with Crippen LogP contribution in [0.5, 0.6) is 0 Å². The predicted molar refractivity (Wildman–Crippen MR) is 110 cm³/mol. The quantitative estimate of drug-likeness (QED) is 0.334. The van der Waals surface area contributed by atoms with Crippen LogP contribution in [-0.2, 0) is 32.8 Å². The molecule has 1 aromatic rings. The fourth-order valence-electron chi connectivity index (χ4n) is 2.53. The molecule has 0 saturated heterocycles. The number of amides is 1. The first kappa shape index (κ1) is 29.4. The fourth-order valence-corrected chi connectivity index (χ4v) is 2.53. The van der Waals surface area contributed by atoms with Gasteiger partial charge in [0.25, 0.3) is 11.6 Å².